The maximum absolute atomic E-state index is 12.3. The van der Waals surface area contributed by atoms with E-state index in [1.807, 2.05) is 31.2 Å². The summed E-state index contributed by atoms with van der Waals surface area (Å²) in [6.45, 7) is 4.88. The molecule has 1 aliphatic heterocycles. The highest BCUT2D eigenvalue weighted by atomic mass is 16.5. The van der Waals surface area contributed by atoms with Gasteiger partial charge < -0.3 is 15.4 Å². The van der Waals surface area contributed by atoms with Crippen LogP contribution in [0.1, 0.15) is 18.9 Å². The number of nitrogens with one attached hydrogen (secondary N) is 2. The van der Waals surface area contributed by atoms with E-state index >= 15 is 0 Å². The van der Waals surface area contributed by atoms with Crippen LogP contribution in [-0.2, 0) is 19.1 Å². The lowest BCUT2D eigenvalue weighted by Crippen LogP contribution is -2.57. The Kier molecular flexibility index (Phi) is 6.31. The lowest BCUT2D eigenvalue weighted by molar-refractivity contribution is -0.147. The molecule has 7 heteroatoms. The smallest absolute Gasteiger partial charge is 0.320 e. The van der Waals surface area contributed by atoms with E-state index in [0.29, 0.717) is 13.1 Å². The van der Waals surface area contributed by atoms with Crippen LogP contribution in [-0.4, -0.2) is 55.0 Å². The van der Waals surface area contributed by atoms with Gasteiger partial charge in [-0.1, -0.05) is 18.2 Å². The number of carbonyl (C=O) groups is 3. The minimum absolute atomic E-state index is 0.00354. The summed E-state index contributed by atoms with van der Waals surface area (Å²) in [5.41, 5.74) is 1.66. The standard InChI is InChI=1S/C17H23N3O4/c1-3-24-16(22)11-20-9-8-18-17(23)14(20)10-15(21)19-13-7-5-4-6-12(13)2/h4-7,14H,3,8-11H2,1-2H3,(H,18,23)(H,19,21). The van der Waals surface area contributed by atoms with Crippen molar-refractivity contribution in [3.05, 3.63) is 29.8 Å². The van der Waals surface area contributed by atoms with Gasteiger partial charge in [-0.25, -0.2) is 0 Å². The van der Waals surface area contributed by atoms with E-state index in [-0.39, 0.29) is 31.4 Å². The van der Waals surface area contributed by atoms with Crippen molar-refractivity contribution in [3.63, 3.8) is 0 Å². The number of benzene rings is 1. The fourth-order valence-electron chi connectivity index (χ4n) is 2.64. The number of anilines is 1. The first-order valence-electron chi connectivity index (χ1n) is 8.04. The van der Waals surface area contributed by atoms with Gasteiger partial charge in [0.15, 0.2) is 0 Å². The predicted molar refractivity (Wildman–Crippen MR) is 89.4 cm³/mol. The largest absolute Gasteiger partial charge is 0.465 e. The van der Waals surface area contributed by atoms with Crippen molar-refractivity contribution in [1.82, 2.24) is 10.2 Å². The number of rotatable bonds is 6. The third kappa shape index (κ3) is 4.79. The monoisotopic (exact) mass is 333 g/mol. The maximum Gasteiger partial charge on any atom is 0.320 e. The lowest BCUT2D eigenvalue weighted by Gasteiger charge is -2.33. The van der Waals surface area contributed by atoms with Crippen LogP contribution in [0.4, 0.5) is 5.69 Å². The molecule has 1 unspecified atom stereocenters. The molecule has 24 heavy (non-hydrogen) atoms. The van der Waals surface area contributed by atoms with Crippen molar-refractivity contribution in [1.29, 1.82) is 0 Å². The van der Waals surface area contributed by atoms with E-state index in [1.54, 1.807) is 11.8 Å². The number of para-hydroxylation sites is 1. The zero-order valence-electron chi connectivity index (χ0n) is 14.0. The second-order valence-corrected chi connectivity index (χ2v) is 5.65. The summed E-state index contributed by atoms with van der Waals surface area (Å²) in [6.07, 6.45) is -0.0143. The number of esters is 1. The van der Waals surface area contributed by atoms with Gasteiger partial charge in [-0.3, -0.25) is 19.3 Å². The van der Waals surface area contributed by atoms with E-state index in [9.17, 15) is 14.4 Å². The van der Waals surface area contributed by atoms with Crippen LogP contribution in [0.25, 0.3) is 0 Å². The maximum atomic E-state index is 12.3. The van der Waals surface area contributed by atoms with Gasteiger partial charge in [-0.05, 0) is 25.5 Å². The molecule has 2 amide bonds. The molecule has 7 nitrogen and oxygen atoms in total. The van der Waals surface area contributed by atoms with Crippen molar-refractivity contribution in [2.45, 2.75) is 26.3 Å². The molecule has 1 aromatic carbocycles. The van der Waals surface area contributed by atoms with Crippen LogP contribution in [0.3, 0.4) is 0 Å². The normalized spacial score (nSPS) is 17.9. The fraction of sp³-hybridized carbons (Fsp3) is 0.471. The molecule has 1 atom stereocenters. The second-order valence-electron chi connectivity index (χ2n) is 5.65. The molecular formula is C17H23N3O4. The minimum Gasteiger partial charge on any atom is -0.465 e. The van der Waals surface area contributed by atoms with Gasteiger partial charge in [0.1, 0.15) is 0 Å². The zero-order valence-corrected chi connectivity index (χ0v) is 14.0. The van der Waals surface area contributed by atoms with Crippen LogP contribution in [0, 0.1) is 6.92 Å². The number of hydrogen-bond donors (Lipinski definition) is 2. The minimum atomic E-state index is -0.674. The van der Waals surface area contributed by atoms with Crippen LogP contribution in [0.2, 0.25) is 0 Å². The number of aryl methyl sites for hydroxylation is 1. The van der Waals surface area contributed by atoms with Gasteiger partial charge in [-0.2, -0.15) is 0 Å². The first-order chi connectivity index (χ1) is 11.5. The molecule has 0 spiro atoms. The van der Waals surface area contributed by atoms with E-state index in [2.05, 4.69) is 10.6 Å². The van der Waals surface area contributed by atoms with E-state index in [1.165, 1.54) is 0 Å². The molecular weight excluding hydrogens is 310 g/mol. The molecule has 0 radical (unpaired) electrons. The number of amides is 2. The van der Waals surface area contributed by atoms with Crippen LogP contribution in [0.15, 0.2) is 24.3 Å². The molecule has 0 aromatic heterocycles. The number of carbonyl (C=O) groups excluding carboxylic acids is 3. The fourth-order valence-corrected chi connectivity index (χ4v) is 2.64. The van der Waals surface area contributed by atoms with Gasteiger partial charge in [0.05, 0.1) is 25.6 Å². The predicted octanol–water partition coefficient (Wildman–Crippen LogP) is 0.687. The number of nitrogens with zero attached hydrogens (tertiary/aromatic N) is 1. The first-order valence-corrected chi connectivity index (χ1v) is 8.04. The molecule has 1 aliphatic rings. The molecule has 2 N–H and O–H groups in total. The Labute approximate surface area is 141 Å². The van der Waals surface area contributed by atoms with Crippen molar-refractivity contribution in [2.24, 2.45) is 0 Å². The summed E-state index contributed by atoms with van der Waals surface area (Å²) in [5.74, 6) is -0.901. The Hall–Kier alpha value is -2.41. The molecule has 0 bridgehead atoms. The molecule has 1 fully saturated rings. The highest BCUT2D eigenvalue weighted by Crippen LogP contribution is 2.15. The quantitative estimate of drug-likeness (QED) is 0.748. The van der Waals surface area contributed by atoms with Gasteiger partial charge in [0, 0.05) is 18.8 Å². The van der Waals surface area contributed by atoms with Crippen LogP contribution < -0.4 is 10.6 Å². The zero-order chi connectivity index (χ0) is 17.5. The molecule has 1 heterocycles. The van der Waals surface area contributed by atoms with Gasteiger partial charge in [0.2, 0.25) is 11.8 Å². The van der Waals surface area contributed by atoms with Gasteiger partial charge >= 0.3 is 5.97 Å². The number of piperazine rings is 1. The van der Waals surface area contributed by atoms with Crippen molar-refractivity contribution in [3.8, 4) is 0 Å². The van der Waals surface area contributed by atoms with E-state index in [0.717, 1.165) is 11.3 Å². The van der Waals surface area contributed by atoms with Crippen molar-refractivity contribution >= 4 is 23.5 Å². The number of ether oxygens (including phenoxy) is 1. The number of hydrogen-bond acceptors (Lipinski definition) is 5. The Morgan fingerprint density at radius 3 is 2.83 bits per heavy atom. The molecule has 0 aliphatic carbocycles. The molecule has 0 saturated carbocycles. The first kappa shape index (κ1) is 17.9. The van der Waals surface area contributed by atoms with Crippen molar-refractivity contribution < 1.29 is 19.1 Å². The molecule has 2 rings (SSSR count). The summed E-state index contributed by atoms with van der Waals surface area (Å²) in [5, 5.41) is 5.55. The SMILES string of the molecule is CCOC(=O)CN1CCNC(=O)C1CC(=O)Nc1ccccc1C. The summed E-state index contributed by atoms with van der Waals surface area (Å²) >= 11 is 0. The van der Waals surface area contributed by atoms with Crippen molar-refractivity contribution in [2.75, 3.05) is 31.6 Å². The van der Waals surface area contributed by atoms with Crippen LogP contribution >= 0.6 is 0 Å². The molecule has 1 aromatic rings. The van der Waals surface area contributed by atoms with Gasteiger partial charge in [-0.15, -0.1) is 0 Å². The summed E-state index contributed by atoms with van der Waals surface area (Å²) in [6, 6.07) is 6.76. The van der Waals surface area contributed by atoms with Gasteiger partial charge in [0.25, 0.3) is 0 Å². The Morgan fingerprint density at radius 2 is 2.12 bits per heavy atom. The highest BCUT2D eigenvalue weighted by Gasteiger charge is 2.33. The summed E-state index contributed by atoms with van der Waals surface area (Å²) < 4.78 is 4.93. The molecule has 130 valence electrons. The highest BCUT2D eigenvalue weighted by molar-refractivity contribution is 5.96. The second kappa shape index (κ2) is 8.44. The summed E-state index contributed by atoms with van der Waals surface area (Å²) in [4.78, 5) is 37.8. The average molecular weight is 333 g/mol. The Balaban J connectivity index is 2.00. The lowest BCUT2D eigenvalue weighted by atomic mass is 10.1. The third-order valence-electron chi connectivity index (χ3n) is 3.88. The molecule has 1 saturated heterocycles. The third-order valence-corrected chi connectivity index (χ3v) is 3.88. The average Bonchev–Trinajstić information content (AvgIpc) is 2.53. The Morgan fingerprint density at radius 1 is 1.38 bits per heavy atom. The topological polar surface area (TPSA) is 87.7 Å². The Bertz CT molecular complexity index is 618. The van der Waals surface area contributed by atoms with E-state index in [4.69, 9.17) is 4.74 Å². The summed E-state index contributed by atoms with van der Waals surface area (Å²) in [7, 11) is 0. The van der Waals surface area contributed by atoms with E-state index < -0.39 is 12.0 Å². The van der Waals surface area contributed by atoms with Crippen LogP contribution in [0.5, 0.6) is 0 Å².